The highest BCUT2D eigenvalue weighted by Gasteiger charge is 2.44. The van der Waals surface area contributed by atoms with Crippen molar-refractivity contribution in [3.63, 3.8) is 0 Å². The molecule has 0 amide bonds. The van der Waals surface area contributed by atoms with Gasteiger partial charge in [-0.2, -0.15) is 0 Å². The molecule has 1 aromatic rings. The van der Waals surface area contributed by atoms with Gasteiger partial charge in [-0.3, -0.25) is 0 Å². The van der Waals surface area contributed by atoms with E-state index >= 15 is 0 Å². The van der Waals surface area contributed by atoms with Gasteiger partial charge in [0.25, 0.3) is 0 Å². The van der Waals surface area contributed by atoms with Gasteiger partial charge < -0.3 is 9.53 Å². The van der Waals surface area contributed by atoms with Crippen LogP contribution in [0.3, 0.4) is 0 Å². The van der Waals surface area contributed by atoms with Crippen molar-refractivity contribution in [2.24, 2.45) is 0 Å². The standard InChI is InChI=1S/C12H14O2/c1-2-14-11-5-3-4-10(8-11)12(9-13)6-7-12/h3-5,8-9H,2,6-7H2,1H3. The minimum Gasteiger partial charge on any atom is -0.494 e. The molecule has 0 bridgehead atoms. The quantitative estimate of drug-likeness (QED) is 0.681. The van der Waals surface area contributed by atoms with E-state index in [0.29, 0.717) is 6.61 Å². The molecule has 0 heterocycles. The van der Waals surface area contributed by atoms with Gasteiger partial charge in [0, 0.05) is 0 Å². The highest BCUT2D eigenvalue weighted by Crippen LogP contribution is 2.46. The minimum absolute atomic E-state index is 0.187. The van der Waals surface area contributed by atoms with Crippen LogP contribution >= 0.6 is 0 Å². The van der Waals surface area contributed by atoms with Gasteiger partial charge in [-0.25, -0.2) is 0 Å². The molecule has 2 heteroatoms. The maximum absolute atomic E-state index is 10.9. The zero-order chi connectivity index (χ0) is 10.0. The molecular weight excluding hydrogens is 176 g/mol. The fraction of sp³-hybridized carbons (Fsp3) is 0.417. The summed E-state index contributed by atoms with van der Waals surface area (Å²) in [5, 5.41) is 0. The average Bonchev–Trinajstić information content (AvgIpc) is 2.99. The smallest absolute Gasteiger partial charge is 0.130 e. The van der Waals surface area contributed by atoms with Gasteiger partial charge in [-0.1, -0.05) is 12.1 Å². The first kappa shape index (κ1) is 9.25. The van der Waals surface area contributed by atoms with Crippen LogP contribution in [0, 0.1) is 0 Å². The normalized spacial score (nSPS) is 17.5. The Balaban J connectivity index is 2.26. The number of carbonyl (C=O) groups excluding carboxylic acids is 1. The molecule has 14 heavy (non-hydrogen) atoms. The summed E-state index contributed by atoms with van der Waals surface area (Å²) in [4.78, 5) is 10.9. The van der Waals surface area contributed by atoms with E-state index in [0.717, 1.165) is 30.4 Å². The first-order chi connectivity index (χ1) is 6.80. The van der Waals surface area contributed by atoms with Crippen LogP contribution in [0.2, 0.25) is 0 Å². The molecule has 2 rings (SSSR count). The SMILES string of the molecule is CCOc1cccc(C2(C=O)CC2)c1. The Morgan fingerprint density at radius 2 is 2.29 bits per heavy atom. The Morgan fingerprint density at radius 1 is 1.50 bits per heavy atom. The second kappa shape index (κ2) is 3.45. The molecule has 0 radical (unpaired) electrons. The molecule has 74 valence electrons. The molecule has 0 saturated heterocycles. The molecule has 2 nitrogen and oxygen atoms in total. The second-order valence-corrected chi connectivity index (χ2v) is 3.73. The highest BCUT2D eigenvalue weighted by molar-refractivity contribution is 5.73. The number of hydrogen-bond acceptors (Lipinski definition) is 2. The number of hydrogen-bond donors (Lipinski definition) is 0. The van der Waals surface area contributed by atoms with Crippen LogP contribution in [0.4, 0.5) is 0 Å². The number of benzene rings is 1. The molecule has 1 fully saturated rings. The molecule has 1 aromatic carbocycles. The maximum Gasteiger partial charge on any atom is 0.130 e. The lowest BCUT2D eigenvalue weighted by molar-refractivity contribution is -0.109. The van der Waals surface area contributed by atoms with Gasteiger partial charge >= 0.3 is 0 Å². The van der Waals surface area contributed by atoms with Crippen LogP contribution in [0.1, 0.15) is 25.3 Å². The Kier molecular flexibility index (Phi) is 2.28. The third-order valence-electron chi connectivity index (χ3n) is 2.73. The van der Waals surface area contributed by atoms with E-state index in [2.05, 4.69) is 0 Å². The van der Waals surface area contributed by atoms with Gasteiger partial charge in [0.2, 0.25) is 0 Å². The lowest BCUT2D eigenvalue weighted by atomic mass is 9.98. The summed E-state index contributed by atoms with van der Waals surface area (Å²) in [6, 6.07) is 7.85. The third-order valence-corrected chi connectivity index (χ3v) is 2.73. The van der Waals surface area contributed by atoms with Crippen molar-refractivity contribution in [2.75, 3.05) is 6.61 Å². The lowest BCUT2D eigenvalue weighted by Gasteiger charge is -2.09. The van der Waals surface area contributed by atoms with Crippen molar-refractivity contribution in [1.29, 1.82) is 0 Å². The Labute approximate surface area is 83.9 Å². The summed E-state index contributed by atoms with van der Waals surface area (Å²) in [6.45, 7) is 2.62. The third kappa shape index (κ3) is 1.52. The second-order valence-electron chi connectivity index (χ2n) is 3.73. The number of carbonyl (C=O) groups is 1. The zero-order valence-electron chi connectivity index (χ0n) is 8.32. The summed E-state index contributed by atoms with van der Waals surface area (Å²) in [5.41, 5.74) is 0.908. The Hall–Kier alpha value is -1.31. The van der Waals surface area contributed by atoms with Crippen molar-refractivity contribution >= 4 is 6.29 Å². The fourth-order valence-electron chi connectivity index (χ4n) is 1.67. The van der Waals surface area contributed by atoms with E-state index in [9.17, 15) is 4.79 Å². The lowest BCUT2D eigenvalue weighted by Crippen LogP contribution is -2.07. The van der Waals surface area contributed by atoms with Crippen molar-refractivity contribution in [3.05, 3.63) is 29.8 Å². The molecule has 0 N–H and O–H groups in total. The predicted molar refractivity (Wildman–Crippen MR) is 54.6 cm³/mol. The van der Waals surface area contributed by atoms with E-state index in [1.807, 2.05) is 31.2 Å². The van der Waals surface area contributed by atoms with Crippen LogP contribution in [0.5, 0.6) is 5.75 Å². The topological polar surface area (TPSA) is 26.3 Å². The van der Waals surface area contributed by atoms with Gasteiger partial charge in [-0.05, 0) is 37.5 Å². The van der Waals surface area contributed by atoms with Crippen molar-refractivity contribution in [2.45, 2.75) is 25.2 Å². The fourth-order valence-corrected chi connectivity index (χ4v) is 1.67. The van der Waals surface area contributed by atoms with E-state index in [1.165, 1.54) is 0 Å². The molecule has 1 aliphatic carbocycles. The van der Waals surface area contributed by atoms with Gasteiger partial charge in [0.1, 0.15) is 12.0 Å². The van der Waals surface area contributed by atoms with Crippen LogP contribution in [0.15, 0.2) is 24.3 Å². The first-order valence-electron chi connectivity index (χ1n) is 5.00. The first-order valence-corrected chi connectivity index (χ1v) is 5.00. The maximum atomic E-state index is 10.9. The van der Waals surface area contributed by atoms with Gasteiger partial charge in [0.15, 0.2) is 0 Å². The molecule has 0 aliphatic heterocycles. The molecule has 0 unspecified atom stereocenters. The minimum atomic E-state index is -0.187. The van der Waals surface area contributed by atoms with E-state index in [1.54, 1.807) is 0 Å². The van der Waals surface area contributed by atoms with Gasteiger partial charge in [-0.15, -0.1) is 0 Å². The van der Waals surface area contributed by atoms with E-state index in [-0.39, 0.29) is 5.41 Å². The molecule has 1 saturated carbocycles. The summed E-state index contributed by atoms with van der Waals surface area (Å²) in [6.07, 6.45) is 3.02. The summed E-state index contributed by atoms with van der Waals surface area (Å²) in [5.74, 6) is 0.859. The van der Waals surface area contributed by atoms with Crippen LogP contribution in [0.25, 0.3) is 0 Å². The number of aldehydes is 1. The van der Waals surface area contributed by atoms with Crippen LogP contribution in [-0.4, -0.2) is 12.9 Å². The average molecular weight is 190 g/mol. The zero-order valence-corrected chi connectivity index (χ0v) is 8.32. The van der Waals surface area contributed by atoms with Crippen molar-refractivity contribution < 1.29 is 9.53 Å². The Bertz CT molecular complexity index is 340. The van der Waals surface area contributed by atoms with Gasteiger partial charge in [0.05, 0.1) is 12.0 Å². The van der Waals surface area contributed by atoms with Crippen molar-refractivity contribution in [1.82, 2.24) is 0 Å². The highest BCUT2D eigenvalue weighted by atomic mass is 16.5. The van der Waals surface area contributed by atoms with E-state index < -0.39 is 0 Å². The molecule has 0 aromatic heterocycles. The largest absolute Gasteiger partial charge is 0.494 e. The Morgan fingerprint density at radius 3 is 2.86 bits per heavy atom. The number of rotatable bonds is 4. The van der Waals surface area contributed by atoms with E-state index in [4.69, 9.17) is 4.74 Å². The summed E-state index contributed by atoms with van der Waals surface area (Å²) >= 11 is 0. The molecule has 0 atom stereocenters. The number of ether oxygens (including phenoxy) is 1. The summed E-state index contributed by atoms with van der Waals surface area (Å²) < 4.78 is 5.40. The van der Waals surface area contributed by atoms with Crippen molar-refractivity contribution in [3.8, 4) is 5.75 Å². The monoisotopic (exact) mass is 190 g/mol. The van der Waals surface area contributed by atoms with Crippen LogP contribution < -0.4 is 4.74 Å². The molecule has 0 spiro atoms. The molecular formula is C12H14O2. The predicted octanol–water partition coefficient (Wildman–Crippen LogP) is 2.32. The summed E-state index contributed by atoms with van der Waals surface area (Å²) in [7, 11) is 0. The van der Waals surface area contributed by atoms with Crippen LogP contribution in [-0.2, 0) is 10.2 Å². The molecule has 1 aliphatic rings.